The molecule has 0 saturated heterocycles. The Labute approximate surface area is 220 Å². The number of hydrogen-bond acceptors (Lipinski definition) is 8. The van der Waals surface area contributed by atoms with E-state index in [1.54, 1.807) is 24.6 Å². The number of nitrogens with zero attached hydrogens (tertiary/aromatic N) is 4. The van der Waals surface area contributed by atoms with Crippen LogP contribution >= 0.6 is 11.3 Å². The minimum Gasteiger partial charge on any atom is -0.442 e. The number of hydrogen-bond donors (Lipinski definition) is 0. The first kappa shape index (κ1) is 25.4. The largest absolute Gasteiger partial charge is 0.443 e. The molecule has 0 atom stereocenters. The average Bonchev–Trinajstić information content (AvgIpc) is 3.58. The maximum Gasteiger partial charge on any atom is 0.443 e. The predicted molar refractivity (Wildman–Crippen MR) is 145 cm³/mol. The van der Waals surface area contributed by atoms with Crippen molar-refractivity contribution in [1.82, 2.24) is 20.0 Å². The Kier molecular flexibility index (Phi) is 6.76. The van der Waals surface area contributed by atoms with Crippen LogP contribution in [0.1, 0.15) is 63.3 Å². The van der Waals surface area contributed by atoms with Crippen molar-refractivity contribution < 1.29 is 19.1 Å². The number of carbonyl (C=O) groups is 1. The number of thiazole rings is 1. The lowest BCUT2D eigenvalue weighted by atomic mass is 10.1. The Morgan fingerprint density at radius 3 is 2.59 bits per heavy atom. The van der Waals surface area contributed by atoms with Crippen LogP contribution in [-0.2, 0) is 16.1 Å². The standard InChI is InChI=1S/C28H32N4O4S/c1-7-32(27(33)35-28(3,4)5)36-19-12-20(17-8-9-17)25-23(13-19)37-26(31-25)21-10-16(2)11-22-24(21)29-14-18(30-22)15-34-6/h10-14,17H,7-9,15H2,1-6H3. The Hall–Kier alpha value is -3.30. The molecule has 1 aliphatic carbocycles. The molecule has 8 nitrogen and oxygen atoms in total. The van der Waals surface area contributed by atoms with Gasteiger partial charge in [-0.1, -0.05) is 0 Å². The second kappa shape index (κ2) is 9.87. The van der Waals surface area contributed by atoms with Crippen LogP contribution in [0.5, 0.6) is 5.75 Å². The van der Waals surface area contributed by atoms with Crippen LogP contribution in [0.25, 0.3) is 31.8 Å². The Morgan fingerprint density at radius 1 is 1.14 bits per heavy atom. The fourth-order valence-corrected chi connectivity index (χ4v) is 5.30. The summed E-state index contributed by atoms with van der Waals surface area (Å²) in [4.78, 5) is 33.2. The van der Waals surface area contributed by atoms with Gasteiger partial charge in [-0.3, -0.25) is 4.98 Å². The van der Waals surface area contributed by atoms with Gasteiger partial charge in [-0.25, -0.2) is 14.8 Å². The van der Waals surface area contributed by atoms with E-state index in [9.17, 15) is 4.79 Å². The van der Waals surface area contributed by atoms with Crippen LogP contribution in [-0.4, -0.2) is 45.4 Å². The lowest BCUT2D eigenvalue weighted by Crippen LogP contribution is -2.38. The molecule has 2 aromatic heterocycles. The van der Waals surface area contributed by atoms with E-state index in [0.29, 0.717) is 24.8 Å². The van der Waals surface area contributed by atoms with Crippen molar-refractivity contribution >= 4 is 38.7 Å². The fourth-order valence-electron chi connectivity index (χ4n) is 4.26. The molecule has 4 aromatic rings. The highest BCUT2D eigenvalue weighted by Crippen LogP contribution is 2.47. The van der Waals surface area contributed by atoms with Crippen LogP contribution in [0.3, 0.4) is 0 Å². The zero-order valence-electron chi connectivity index (χ0n) is 22.1. The molecule has 1 aliphatic rings. The van der Waals surface area contributed by atoms with Gasteiger partial charge in [0.15, 0.2) is 5.75 Å². The average molecular weight is 521 g/mol. The second-order valence-corrected chi connectivity index (χ2v) is 11.4. The van der Waals surface area contributed by atoms with Crippen molar-refractivity contribution in [3.63, 3.8) is 0 Å². The zero-order chi connectivity index (χ0) is 26.3. The number of aromatic nitrogens is 3. The van der Waals surface area contributed by atoms with Crippen LogP contribution in [0.15, 0.2) is 30.5 Å². The predicted octanol–water partition coefficient (Wildman–Crippen LogP) is 6.79. The first-order chi connectivity index (χ1) is 17.6. The van der Waals surface area contributed by atoms with Gasteiger partial charge >= 0.3 is 6.09 Å². The molecule has 0 bridgehead atoms. The highest BCUT2D eigenvalue weighted by molar-refractivity contribution is 7.21. The third-order valence-corrected chi connectivity index (χ3v) is 7.01. The molecule has 2 heterocycles. The summed E-state index contributed by atoms with van der Waals surface area (Å²) in [6, 6.07) is 8.12. The number of fused-ring (bicyclic) bond motifs is 2. The topological polar surface area (TPSA) is 86.7 Å². The van der Waals surface area contributed by atoms with Gasteiger partial charge in [-0.05, 0) is 82.7 Å². The lowest BCUT2D eigenvalue weighted by Gasteiger charge is -2.26. The van der Waals surface area contributed by atoms with Crippen LogP contribution in [0, 0.1) is 6.92 Å². The summed E-state index contributed by atoms with van der Waals surface area (Å²) >= 11 is 1.60. The van der Waals surface area contributed by atoms with Crippen molar-refractivity contribution in [2.75, 3.05) is 13.7 Å². The van der Waals surface area contributed by atoms with Crippen molar-refractivity contribution in [2.24, 2.45) is 0 Å². The molecule has 194 valence electrons. The van der Waals surface area contributed by atoms with E-state index < -0.39 is 11.7 Å². The smallest absolute Gasteiger partial charge is 0.442 e. The molecule has 0 N–H and O–H groups in total. The summed E-state index contributed by atoms with van der Waals surface area (Å²) in [5.41, 5.74) is 6.01. The first-order valence-electron chi connectivity index (χ1n) is 12.5. The van der Waals surface area contributed by atoms with E-state index in [-0.39, 0.29) is 0 Å². The molecule has 1 fully saturated rings. The van der Waals surface area contributed by atoms with E-state index in [1.807, 2.05) is 45.9 Å². The van der Waals surface area contributed by atoms with Crippen molar-refractivity contribution in [2.45, 2.75) is 65.6 Å². The summed E-state index contributed by atoms with van der Waals surface area (Å²) in [6.07, 6.45) is 3.49. The summed E-state index contributed by atoms with van der Waals surface area (Å²) in [5.74, 6) is 1.05. The summed E-state index contributed by atoms with van der Waals surface area (Å²) in [5, 5.41) is 2.14. The van der Waals surface area contributed by atoms with Gasteiger partial charge in [-0.15, -0.1) is 16.4 Å². The highest BCUT2D eigenvalue weighted by atomic mass is 32.1. The lowest BCUT2D eigenvalue weighted by molar-refractivity contribution is -0.0693. The number of rotatable bonds is 7. The fraction of sp³-hybridized carbons (Fsp3) is 0.429. The minimum absolute atomic E-state index is 0.360. The molecule has 2 aromatic carbocycles. The maximum atomic E-state index is 12.6. The third-order valence-electron chi connectivity index (χ3n) is 5.98. The van der Waals surface area contributed by atoms with E-state index in [2.05, 4.69) is 13.0 Å². The summed E-state index contributed by atoms with van der Waals surface area (Å²) in [7, 11) is 1.65. The van der Waals surface area contributed by atoms with E-state index in [4.69, 9.17) is 29.3 Å². The highest BCUT2D eigenvalue weighted by Gasteiger charge is 2.29. The minimum atomic E-state index is -0.604. The van der Waals surface area contributed by atoms with Gasteiger partial charge in [0.1, 0.15) is 10.6 Å². The third kappa shape index (κ3) is 5.52. The molecule has 0 spiro atoms. The molecular formula is C28H32N4O4S. The molecule has 37 heavy (non-hydrogen) atoms. The molecule has 0 aliphatic heterocycles. The monoisotopic (exact) mass is 520 g/mol. The normalized spacial score (nSPS) is 13.8. The Bertz CT molecular complexity index is 1470. The van der Waals surface area contributed by atoms with Crippen LogP contribution in [0.2, 0.25) is 0 Å². The van der Waals surface area contributed by atoms with Gasteiger partial charge < -0.3 is 14.3 Å². The van der Waals surface area contributed by atoms with Gasteiger partial charge in [-0.2, -0.15) is 0 Å². The van der Waals surface area contributed by atoms with E-state index >= 15 is 0 Å². The first-order valence-corrected chi connectivity index (χ1v) is 13.4. The van der Waals surface area contributed by atoms with Crippen LogP contribution < -0.4 is 4.84 Å². The number of amides is 1. The van der Waals surface area contributed by atoms with E-state index in [1.165, 1.54) is 5.06 Å². The quantitative estimate of drug-likeness (QED) is 0.248. The number of aryl methyl sites for hydroxylation is 1. The summed E-state index contributed by atoms with van der Waals surface area (Å²) < 4.78 is 11.7. The maximum absolute atomic E-state index is 12.6. The van der Waals surface area contributed by atoms with Crippen LogP contribution in [0.4, 0.5) is 4.79 Å². The molecule has 0 radical (unpaired) electrons. The second-order valence-electron chi connectivity index (χ2n) is 10.4. The molecular weight excluding hydrogens is 488 g/mol. The van der Waals surface area contributed by atoms with Crippen molar-refractivity contribution in [1.29, 1.82) is 0 Å². The van der Waals surface area contributed by atoms with Gasteiger partial charge in [0.05, 0.1) is 46.3 Å². The number of methoxy groups -OCH3 is 1. The summed E-state index contributed by atoms with van der Waals surface area (Å²) in [6.45, 7) is 10.2. The van der Waals surface area contributed by atoms with Crippen molar-refractivity contribution in [3.8, 4) is 16.3 Å². The molecule has 1 saturated carbocycles. The van der Waals surface area contributed by atoms with E-state index in [0.717, 1.165) is 61.5 Å². The molecule has 5 rings (SSSR count). The Balaban J connectivity index is 1.55. The SMILES string of the molecule is CCN(Oc1cc(C2CC2)c2nc(-c3cc(C)cc4nc(COC)cnc34)sc2c1)C(=O)OC(C)(C)C. The van der Waals surface area contributed by atoms with Crippen molar-refractivity contribution in [3.05, 3.63) is 47.3 Å². The van der Waals surface area contributed by atoms with Gasteiger partial charge in [0, 0.05) is 18.7 Å². The number of ether oxygens (including phenoxy) is 2. The number of hydroxylamine groups is 2. The number of carbonyl (C=O) groups excluding carboxylic acids is 1. The molecule has 0 unspecified atom stereocenters. The molecule has 1 amide bonds. The van der Waals surface area contributed by atoms with Gasteiger partial charge in [0.2, 0.25) is 0 Å². The number of benzene rings is 2. The zero-order valence-corrected chi connectivity index (χ0v) is 22.9. The van der Waals surface area contributed by atoms with Gasteiger partial charge in [0.25, 0.3) is 0 Å². The molecule has 9 heteroatoms. The Morgan fingerprint density at radius 2 is 1.92 bits per heavy atom.